The standard InChI is InChI=1S/C11H21NO3/c1-3-14-8-9(2)15-10(13)7-11(12)5-4-6-11/h9H,3-8,12H2,1-2H3. The number of carbonyl (C=O) groups excluding carboxylic acids is 1. The lowest BCUT2D eigenvalue weighted by molar-refractivity contribution is -0.153. The van der Waals surface area contributed by atoms with E-state index in [2.05, 4.69) is 0 Å². The van der Waals surface area contributed by atoms with E-state index in [9.17, 15) is 4.79 Å². The molecule has 2 N–H and O–H groups in total. The minimum atomic E-state index is -0.289. The molecule has 1 atom stereocenters. The first kappa shape index (κ1) is 12.5. The van der Waals surface area contributed by atoms with Crippen molar-refractivity contribution in [3.05, 3.63) is 0 Å². The van der Waals surface area contributed by atoms with Crippen LogP contribution in [0.25, 0.3) is 0 Å². The average molecular weight is 215 g/mol. The van der Waals surface area contributed by atoms with Crippen LogP contribution in [0, 0.1) is 0 Å². The second-order valence-electron chi connectivity index (χ2n) is 4.35. The summed E-state index contributed by atoms with van der Waals surface area (Å²) in [5.74, 6) is -0.204. The molecule has 0 aliphatic heterocycles. The van der Waals surface area contributed by atoms with E-state index < -0.39 is 0 Å². The molecule has 0 aromatic rings. The van der Waals surface area contributed by atoms with Gasteiger partial charge in [0.25, 0.3) is 0 Å². The van der Waals surface area contributed by atoms with Crippen molar-refractivity contribution in [3.8, 4) is 0 Å². The fourth-order valence-electron chi connectivity index (χ4n) is 1.68. The maximum atomic E-state index is 11.5. The smallest absolute Gasteiger partial charge is 0.307 e. The highest BCUT2D eigenvalue weighted by atomic mass is 16.6. The van der Waals surface area contributed by atoms with Gasteiger partial charge in [0.1, 0.15) is 6.10 Å². The number of rotatable bonds is 6. The molecule has 1 aliphatic rings. The average Bonchev–Trinajstić information content (AvgIpc) is 2.12. The molecule has 0 radical (unpaired) electrons. The van der Waals surface area contributed by atoms with Gasteiger partial charge >= 0.3 is 5.97 Å². The molecule has 1 fully saturated rings. The Morgan fingerprint density at radius 1 is 1.53 bits per heavy atom. The second kappa shape index (κ2) is 5.47. The lowest BCUT2D eigenvalue weighted by Gasteiger charge is -2.37. The van der Waals surface area contributed by atoms with Crippen LogP contribution in [0.1, 0.15) is 39.5 Å². The number of nitrogens with two attached hydrogens (primary N) is 1. The van der Waals surface area contributed by atoms with Crippen molar-refractivity contribution in [3.63, 3.8) is 0 Å². The fourth-order valence-corrected chi connectivity index (χ4v) is 1.68. The Morgan fingerprint density at radius 2 is 2.20 bits per heavy atom. The van der Waals surface area contributed by atoms with E-state index in [1.807, 2.05) is 13.8 Å². The molecule has 88 valence electrons. The zero-order valence-corrected chi connectivity index (χ0v) is 9.62. The Balaban J connectivity index is 2.17. The predicted molar refractivity (Wildman–Crippen MR) is 57.4 cm³/mol. The van der Waals surface area contributed by atoms with Gasteiger partial charge in [-0.05, 0) is 33.1 Å². The number of hydrogen-bond acceptors (Lipinski definition) is 4. The lowest BCUT2D eigenvalue weighted by Crippen LogP contribution is -2.48. The Kier molecular flexibility index (Phi) is 4.54. The maximum Gasteiger partial charge on any atom is 0.307 e. The van der Waals surface area contributed by atoms with Gasteiger partial charge in [-0.2, -0.15) is 0 Å². The van der Waals surface area contributed by atoms with Gasteiger partial charge in [-0.1, -0.05) is 0 Å². The second-order valence-corrected chi connectivity index (χ2v) is 4.35. The van der Waals surface area contributed by atoms with Crippen LogP contribution in [0.15, 0.2) is 0 Å². The van der Waals surface area contributed by atoms with Gasteiger partial charge in [-0.3, -0.25) is 4.79 Å². The molecular weight excluding hydrogens is 194 g/mol. The molecule has 0 amide bonds. The molecular formula is C11H21NO3. The number of hydrogen-bond donors (Lipinski definition) is 1. The zero-order chi connectivity index (χ0) is 11.3. The summed E-state index contributed by atoms with van der Waals surface area (Å²) in [7, 11) is 0. The summed E-state index contributed by atoms with van der Waals surface area (Å²) in [5, 5.41) is 0. The molecule has 15 heavy (non-hydrogen) atoms. The number of esters is 1. The third-order valence-electron chi connectivity index (χ3n) is 2.74. The Labute approximate surface area is 91.1 Å². The topological polar surface area (TPSA) is 61.5 Å². The van der Waals surface area contributed by atoms with Crippen molar-refractivity contribution in [1.29, 1.82) is 0 Å². The van der Waals surface area contributed by atoms with E-state index in [1.54, 1.807) is 0 Å². The Bertz CT molecular complexity index is 214. The van der Waals surface area contributed by atoms with Gasteiger partial charge in [0.05, 0.1) is 13.0 Å². The molecule has 0 saturated heterocycles. The monoisotopic (exact) mass is 215 g/mol. The normalized spacial score (nSPS) is 20.5. The third kappa shape index (κ3) is 4.18. The van der Waals surface area contributed by atoms with Crippen LogP contribution in [0.4, 0.5) is 0 Å². The molecule has 1 unspecified atom stereocenters. The van der Waals surface area contributed by atoms with Crippen molar-refractivity contribution < 1.29 is 14.3 Å². The van der Waals surface area contributed by atoms with Crippen molar-refractivity contribution in [2.75, 3.05) is 13.2 Å². The van der Waals surface area contributed by atoms with Crippen molar-refractivity contribution in [2.45, 2.75) is 51.2 Å². The molecule has 0 bridgehead atoms. The molecule has 1 aliphatic carbocycles. The largest absolute Gasteiger partial charge is 0.460 e. The van der Waals surface area contributed by atoms with Crippen LogP contribution in [-0.2, 0) is 14.3 Å². The predicted octanol–water partition coefficient (Wildman–Crippen LogP) is 1.23. The van der Waals surface area contributed by atoms with Gasteiger partial charge in [0.2, 0.25) is 0 Å². The van der Waals surface area contributed by atoms with Gasteiger partial charge in [0, 0.05) is 12.1 Å². The fraction of sp³-hybridized carbons (Fsp3) is 0.909. The molecule has 4 heteroatoms. The Hall–Kier alpha value is -0.610. The van der Waals surface area contributed by atoms with Crippen LogP contribution in [0.5, 0.6) is 0 Å². The SMILES string of the molecule is CCOCC(C)OC(=O)CC1(N)CCC1. The summed E-state index contributed by atoms with van der Waals surface area (Å²) in [6.45, 7) is 4.85. The van der Waals surface area contributed by atoms with E-state index in [4.69, 9.17) is 15.2 Å². The maximum absolute atomic E-state index is 11.5. The molecule has 0 aromatic heterocycles. The van der Waals surface area contributed by atoms with Crippen LogP contribution < -0.4 is 5.73 Å². The van der Waals surface area contributed by atoms with Crippen LogP contribution in [-0.4, -0.2) is 30.8 Å². The summed E-state index contributed by atoms with van der Waals surface area (Å²) in [5.41, 5.74) is 5.66. The highest BCUT2D eigenvalue weighted by Gasteiger charge is 2.35. The van der Waals surface area contributed by atoms with Gasteiger partial charge in [-0.25, -0.2) is 0 Å². The quantitative estimate of drug-likeness (QED) is 0.677. The van der Waals surface area contributed by atoms with Crippen LogP contribution in [0.2, 0.25) is 0 Å². The molecule has 0 spiro atoms. The number of ether oxygens (including phenoxy) is 2. The summed E-state index contributed by atoms with van der Waals surface area (Å²) in [4.78, 5) is 11.5. The third-order valence-corrected chi connectivity index (χ3v) is 2.74. The first-order valence-electron chi connectivity index (χ1n) is 5.62. The Morgan fingerprint density at radius 3 is 2.67 bits per heavy atom. The van der Waals surface area contributed by atoms with Gasteiger partial charge in [-0.15, -0.1) is 0 Å². The number of carbonyl (C=O) groups is 1. The van der Waals surface area contributed by atoms with E-state index in [0.717, 1.165) is 19.3 Å². The highest BCUT2D eigenvalue weighted by Crippen LogP contribution is 2.32. The van der Waals surface area contributed by atoms with Gasteiger partial charge < -0.3 is 15.2 Å². The van der Waals surface area contributed by atoms with E-state index in [0.29, 0.717) is 19.6 Å². The van der Waals surface area contributed by atoms with Crippen LogP contribution >= 0.6 is 0 Å². The summed E-state index contributed by atoms with van der Waals surface area (Å²) in [6, 6.07) is 0. The van der Waals surface area contributed by atoms with Crippen molar-refractivity contribution in [2.24, 2.45) is 5.73 Å². The molecule has 0 aromatic carbocycles. The first-order valence-corrected chi connectivity index (χ1v) is 5.62. The summed E-state index contributed by atoms with van der Waals surface area (Å²) >= 11 is 0. The van der Waals surface area contributed by atoms with Crippen molar-refractivity contribution >= 4 is 5.97 Å². The van der Waals surface area contributed by atoms with E-state index >= 15 is 0 Å². The van der Waals surface area contributed by atoms with Crippen molar-refractivity contribution in [1.82, 2.24) is 0 Å². The lowest BCUT2D eigenvalue weighted by atomic mass is 9.75. The molecule has 0 heterocycles. The highest BCUT2D eigenvalue weighted by molar-refractivity contribution is 5.71. The summed E-state index contributed by atoms with van der Waals surface area (Å²) < 4.78 is 10.3. The van der Waals surface area contributed by atoms with Gasteiger partial charge in [0.15, 0.2) is 0 Å². The molecule has 4 nitrogen and oxygen atoms in total. The minimum Gasteiger partial charge on any atom is -0.460 e. The molecule has 1 rings (SSSR count). The van der Waals surface area contributed by atoms with E-state index in [-0.39, 0.29) is 17.6 Å². The zero-order valence-electron chi connectivity index (χ0n) is 9.62. The minimum absolute atomic E-state index is 0.180. The molecule has 1 saturated carbocycles. The van der Waals surface area contributed by atoms with Crippen LogP contribution in [0.3, 0.4) is 0 Å². The summed E-state index contributed by atoms with van der Waals surface area (Å²) in [6.07, 6.45) is 3.15. The first-order chi connectivity index (χ1) is 7.06. The van der Waals surface area contributed by atoms with E-state index in [1.165, 1.54) is 0 Å².